The van der Waals surface area contributed by atoms with E-state index in [4.69, 9.17) is 0 Å². The Kier molecular flexibility index (Phi) is 6.95. The molecule has 0 saturated carbocycles. The molecule has 1 aliphatic heterocycles. The topological polar surface area (TPSA) is 64.6 Å². The quantitative estimate of drug-likeness (QED) is 0.505. The van der Waals surface area contributed by atoms with Crippen LogP contribution in [0.4, 0.5) is 4.39 Å². The Balaban J connectivity index is 1.31. The molecule has 0 unspecified atom stereocenters. The highest BCUT2D eigenvalue weighted by Crippen LogP contribution is 2.33. The van der Waals surface area contributed by atoms with Crippen LogP contribution in [0.3, 0.4) is 0 Å². The Morgan fingerprint density at radius 1 is 1.06 bits per heavy atom. The maximum atomic E-state index is 14.9. The third kappa shape index (κ3) is 5.15. The minimum Gasteiger partial charge on any atom is -0.390 e. The predicted octanol–water partition coefficient (Wildman–Crippen LogP) is 4.06. The number of fused-ring (bicyclic) bond motifs is 1. The van der Waals surface area contributed by atoms with E-state index >= 15 is 0 Å². The normalized spacial score (nSPS) is 20.1. The van der Waals surface area contributed by atoms with Crippen LogP contribution in [0.25, 0.3) is 11.1 Å². The molecule has 0 radical (unpaired) electrons. The van der Waals surface area contributed by atoms with Crippen molar-refractivity contribution in [2.75, 3.05) is 20.1 Å². The minimum atomic E-state index is -0.738. The lowest BCUT2D eigenvalue weighted by atomic mass is 10.0. The summed E-state index contributed by atoms with van der Waals surface area (Å²) in [6.45, 7) is 2.90. The molecule has 5 nitrogen and oxygen atoms in total. The number of carbonyl (C=O) groups is 1. The SMILES string of the molecule is CN(Cc1ccc2c(c1)[C@@H](NC(=O)c1ccc(-c3ccccc3)cc1F)[C@H](O)C2)C1CCNCC1. The zero-order valence-corrected chi connectivity index (χ0v) is 20.0. The first-order valence-electron chi connectivity index (χ1n) is 12.4. The average molecular weight is 474 g/mol. The maximum Gasteiger partial charge on any atom is 0.254 e. The number of halogens is 1. The summed E-state index contributed by atoms with van der Waals surface area (Å²) in [6, 6.07) is 20.4. The van der Waals surface area contributed by atoms with Gasteiger partial charge < -0.3 is 15.7 Å². The number of carbonyl (C=O) groups excluding carboxylic acids is 1. The molecular formula is C29H32FN3O2. The molecule has 1 saturated heterocycles. The van der Waals surface area contributed by atoms with Crippen molar-refractivity contribution in [2.45, 2.75) is 44.0 Å². The molecule has 6 heteroatoms. The third-order valence-corrected chi connectivity index (χ3v) is 7.33. The fourth-order valence-corrected chi connectivity index (χ4v) is 5.34. The molecule has 3 N–H and O–H groups in total. The van der Waals surface area contributed by atoms with E-state index in [1.165, 1.54) is 12.1 Å². The average Bonchev–Trinajstić information content (AvgIpc) is 3.19. The molecule has 0 spiro atoms. The van der Waals surface area contributed by atoms with Crippen molar-refractivity contribution < 1.29 is 14.3 Å². The first-order chi connectivity index (χ1) is 17.0. The molecule has 0 aromatic heterocycles. The second-order valence-electron chi connectivity index (χ2n) is 9.71. The van der Waals surface area contributed by atoms with Gasteiger partial charge in [-0.05, 0) is 72.9 Å². The highest BCUT2D eigenvalue weighted by molar-refractivity contribution is 5.95. The van der Waals surface area contributed by atoms with Crippen LogP contribution in [0.2, 0.25) is 0 Å². The van der Waals surface area contributed by atoms with Crippen LogP contribution in [-0.2, 0) is 13.0 Å². The van der Waals surface area contributed by atoms with E-state index in [1.54, 1.807) is 6.07 Å². The lowest BCUT2D eigenvalue weighted by Crippen LogP contribution is -2.40. The molecule has 1 heterocycles. The number of aliphatic hydroxyl groups excluding tert-OH is 1. The molecule has 3 aromatic carbocycles. The van der Waals surface area contributed by atoms with Gasteiger partial charge in [0.2, 0.25) is 0 Å². The van der Waals surface area contributed by atoms with Gasteiger partial charge in [-0.25, -0.2) is 4.39 Å². The zero-order valence-electron chi connectivity index (χ0n) is 20.0. The predicted molar refractivity (Wildman–Crippen MR) is 136 cm³/mol. The van der Waals surface area contributed by atoms with Gasteiger partial charge in [-0.2, -0.15) is 0 Å². The van der Waals surface area contributed by atoms with Crippen LogP contribution in [0.1, 0.15) is 45.9 Å². The fourth-order valence-electron chi connectivity index (χ4n) is 5.34. The van der Waals surface area contributed by atoms with Crippen LogP contribution < -0.4 is 10.6 Å². The van der Waals surface area contributed by atoms with Crippen LogP contribution in [0.15, 0.2) is 66.7 Å². The van der Waals surface area contributed by atoms with Crippen LogP contribution in [-0.4, -0.2) is 48.2 Å². The molecule has 182 valence electrons. The highest BCUT2D eigenvalue weighted by Gasteiger charge is 2.33. The van der Waals surface area contributed by atoms with E-state index in [1.807, 2.05) is 36.4 Å². The molecule has 0 bridgehead atoms. The number of hydrogen-bond donors (Lipinski definition) is 3. The van der Waals surface area contributed by atoms with Crippen molar-refractivity contribution in [1.29, 1.82) is 0 Å². The van der Waals surface area contributed by atoms with Gasteiger partial charge in [0, 0.05) is 19.0 Å². The van der Waals surface area contributed by atoms with Gasteiger partial charge in [0.25, 0.3) is 5.91 Å². The summed E-state index contributed by atoms with van der Waals surface area (Å²) < 4.78 is 14.9. The zero-order chi connectivity index (χ0) is 24.4. The molecule has 3 aromatic rings. The van der Waals surface area contributed by atoms with E-state index < -0.39 is 23.9 Å². The van der Waals surface area contributed by atoms with Crippen LogP contribution >= 0.6 is 0 Å². The van der Waals surface area contributed by atoms with Crippen molar-refractivity contribution in [3.63, 3.8) is 0 Å². The van der Waals surface area contributed by atoms with E-state index in [0.29, 0.717) is 18.0 Å². The smallest absolute Gasteiger partial charge is 0.254 e. The summed E-state index contributed by atoms with van der Waals surface area (Å²) >= 11 is 0. The fraction of sp³-hybridized carbons (Fsp3) is 0.345. The summed E-state index contributed by atoms with van der Waals surface area (Å²) in [5, 5.41) is 17.0. The largest absolute Gasteiger partial charge is 0.390 e. The van der Waals surface area contributed by atoms with Gasteiger partial charge in [0.05, 0.1) is 17.7 Å². The monoisotopic (exact) mass is 473 g/mol. The summed E-state index contributed by atoms with van der Waals surface area (Å²) in [6.07, 6.45) is 2.00. The van der Waals surface area contributed by atoms with Crippen LogP contribution in [0, 0.1) is 5.82 Å². The standard InChI is InChI=1S/C29H32FN3O2/c1-33(23-11-13-31-14-12-23)18-19-7-8-22-17-27(34)28(25(22)15-19)32-29(35)24-10-9-21(16-26(24)30)20-5-3-2-4-6-20/h2-10,15-16,23,27-28,31,34H,11-14,17-18H2,1H3,(H,32,35)/t27-,28-/m1/s1. The van der Waals surface area contributed by atoms with Gasteiger partial charge in [-0.15, -0.1) is 0 Å². The van der Waals surface area contributed by atoms with Crippen molar-refractivity contribution in [1.82, 2.24) is 15.5 Å². The number of hydrogen-bond acceptors (Lipinski definition) is 4. The molecule has 5 rings (SSSR count). The Hall–Kier alpha value is -3.06. The summed E-state index contributed by atoms with van der Waals surface area (Å²) in [5.41, 5.74) is 4.68. The Morgan fingerprint density at radius 3 is 2.57 bits per heavy atom. The van der Waals surface area contributed by atoms with E-state index in [2.05, 4.69) is 34.7 Å². The molecule has 1 aliphatic carbocycles. The maximum absolute atomic E-state index is 14.9. The van der Waals surface area contributed by atoms with Crippen molar-refractivity contribution in [2.24, 2.45) is 0 Å². The van der Waals surface area contributed by atoms with Gasteiger partial charge in [-0.3, -0.25) is 9.69 Å². The van der Waals surface area contributed by atoms with Crippen LogP contribution in [0.5, 0.6) is 0 Å². The number of nitrogens with one attached hydrogen (secondary N) is 2. The third-order valence-electron chi connectivity index (χ3n) is 7.33. The summed E-state index contributed by atoms with van der Waals surface area (Å²) in [7, 11) is 2.15. The number of nitrogens with zero attached hydrogens (tertiary/aromatic N) is 1. The molecular weight excluding hydrogens is 441 g/mol. The van der Waals surface area contributed by atoms with Gasteiger partial charge >= 0.3 is 0 Å². The van der Waals surface area contributed by atoms with Gasteiger partial charge in [0.1, 0.15) is 5.82 Å². The number of benzene rings is 3. The van der Waals surface area contributed by atoms with E-state index in [0.717, 1.165) is 54.7 Å². The Morgan fingerprint density at radius 2 is 1.83 bits per heavy atom. The number of piperidine rings is 1. The summed E-state index contributed by atoms with van der Waals surface area (Å²) in [4.78, 5) is 15.4. The molecule has 1 fully saturated rings. The number of amides is 1. The lowest BCUT2D eigenvalue weighted by Gasteiger charge is -2.31. The number of aliphatic hydroxyl groups is 1. The molecule has 2 aliphatic rings. The molecule has 2 atom stereocenters. The Bertz CT molecular complexity index is 1190. The molecule has 35 heavy (non-hydrogen) atoms. The lowest BCUT2D eigenvalue weighted by molar-refractivity contribution is 0.0854. The second kappa shape index (κ2) is 10.3. The Labute approximate surface area is 206 Å². The first-order valence-corrected chi connectivity index (χ1v) is 12.4. The molecule has 1 amide bonds. The summed E-state index contributed by atoms with van der Waals surface area (Å²) in [5.74, 6) is -1.09. The van der Waals surface area contributed by atoms with Gasteiger partial charge in [-0.1, -0.05) is 54.6 Å². The number of rotatable bonds is 6. The second-order valence-corrected chi connectivity index (χ2v) is 9.71. The van der Waals surface area contributed by atoms with E-state index in [9.17, 15) is 14.3 Å². The minimum absolute atomic E-state index is 0.0212. The van der Waals surface area contributed by atoms with Crippen molar-refractivity contribution in [3.8, 4) is 11.1 Å². The van der Waals surface area contributed by atoms with Gasteiger partial charge in [0.15, 0.2) is 0 Å². The first kappa shape index (κ1) is 23.7. The highest BCUT2D eigenvalue weighted by atomic mass is 19.1. The van der Waals surface area contributed by atoms with E-state index in [-0.39, 0.29) is 5.56 Å². The van der Waals surface area contributed by atoms with Crippen molar-refractivity contribution >= 4 is 5.91 Å². The van der Waals surface area contributed by atoms with Crippen molar-refractivity contribution in [3.05, 3.63) is 94.8 Å².